The zero-order chi connectivity index (χ0) is 30.5. The molecule has 1 fully saturated rings. The monoisotopic (exact) mass is 576 g/mol. The van der Waals surface area contributed by atoms with Gasteiger partial charge >= 0.3 is 6.09 Å². The van der Waals surface area contributed by atoms with E-state index < -0.39 is 17.7 Å². The Hall–Kier alpha value is -3.85. The van der Waals surface area contributed by atoms with Crippen molar-refractivity contribution in [2.75, 3.05) is 19.7 Å². The van der Waals surface area contributed by atoms with Gasteiger partial charge in [-0.15, -0.1) is 0 Å². The minimum absolute atomic E-state index is 0.180. The number of hydrogen-bond acceptors (Lipinski definition) is 6. The molecule has 2 aromatic carbocycles. The molecule has 0 saturated carbocycles. The zero-order valence-corrected chi connectivity index (χ0v) is 25.6. The molecular formula is C33H44N4O5. The van der Waals surface area contributed by atoms with Crippen LogP contribution in [0.2, 0.25) is 0 Å². The summed E-state index contributed by atoms with van der Waals surface area (Å²) >= 11 is 0. The number of alkyl carbamates (subject to hydrolysis) is 1. The van der Waals surface area contributed by atoms with E-state index in [0.717, 1.165) is 59.1 Å². The zero-order valence-electron chi connectivity index (χ0n) is 25.6. The highest BCUT2D eigenvalue weighted by Crippen LogP contribution is 2.33. The molecule has 0 radical (unpaired) electrons. The molecule has 9 heteroatoms. The topological polar surface area (TPSA) is 113 Å². The predicted molar refractivity (Wildman–Crippen MR) is 164 cm³/mol. The maximum Gasteiger partial charge on any atom is 0.408 e. The summed E-state index contributed by atoms with van der Waals surface area (Å²) in [5.41, 5.74) is 8.60. The largest absolute Gasteiger partial charge is 0.467 e. The normalized spacial score (nSPS) is 14.9. The number of nitrogens with one attached hydrogen (secondary N) is 3. The minimum Gasteiger partial charge on any atom is -0.467 e. The first-order valence-electron chi connectivity index (χ1n) is 14.7. The van der Waals surface area contributed by atoms with Gasteiger partial charge < -0.3 is 19.8 Å². The Kier molecular flexibility index (Phi) is 9.61. The van der Waals surface area contributed by atoms with Crippen LogP contribution in [0.4, 0.5) is 4.79 Å². The molecule has 226 valence electrons. The lowest BCUT2D eigenvalue weighted by Gasteiger charge is -2.31. The van der Waals surface area contributed by atoms with E-state index in [4.69, 9.17) is 9.47 Å². The number of carbonyl (C=O) groups excluding carboxylic acids is 3. The van der Waals surface area contributed by atoms with E-state index in [1.807, 2.05) is 12.1 Å². The molecule has 42 heavy (non-hydrogen) atoms. The molecule has 1 aliphatic rings. The average molecular weight is 577 g/mol. The third kappa shape index (κ3) is 8.12. The van der Waals surface area contributed by atoms with Crippen LogP contribution in [0.15, 0.2) is 42.5 Å². The van der Waals surface area contributed by atoms with Gasteiger partial charge in [-0.1, -0.05) is 44.2 Å². The number of H-pyrrole nitrogens is 1. The lowest BCUT2D eigenvalue weighted by Crippen LogP contribution is -2.56. The summed E-state index contributed by atoms with van der Waals surface area (Å²) in [6, 6.07) is 13.7. The van der Waals surface area contributed by atoms with Crippen molar-refractivity contribution in [1.82, 2.24) is 20.7 Å². The number of aromatic nitrogens is 1. The molecule has 1 aliphatic heterocycles. The van der Waals surface area contributed by atoms with Gasteiger partial charge in [0.1, 0.15) is 11.6 Å². The molecule has 2 heterocycles. The molecule has 4 rings (SSSR count). The van der Waals surface area contributed by atoms with Gasteiger partial charge in [-0.2, -0.15) is 0 Å². The quantitative estimate of drug-likeness (QED) is 0.277. The van der Waals surface area contributed by atoms with Crippen LogP contribution >= 0.6 is 0 Å². The second-order valence-electron chi connectivity index (χ2n) is 12.9. The number of hydrogen-bond donors (Lipinski definition) is 3. The van der Waals surface area contributed by atoms with Crippen molar-refractivity contribution in [3.63, 3.8) is 0 Å². The van der Waals surface area contributed by atoms with Crippen molar-refractivity contribution in [2.45, 2.75) is 78.9 Å². The molecule has 2 amide bonds. The smallest absolute Gasteiger partial charge is 0.408 e. The van der Waals surface area contributed by atoms with Crippen molar-refractivity contribution < 1.29 is 23.9 Å². The number of hydrazine groups is 1. The third-order valence-electron chi connectivity index (χ3n) is 7.38. The number of amides is 2. The molecule has 1 unspecified atom stereocenters. The van der Waals surface area contributed by atoms with Gasteiger partial charge in [0.25, 0.3) is 12.4 Å². The number of aryl methyl sites for hydroxylation is 1. The molecular weight excluding hydrogens is 532 g/mol. The standard InChI is InChI=1S/C33H44N4O5/c1-22-27(19-33(5,6)20-41-21-38)26-18-25(12-13-28(26)35-22)24-11-9-10-23(16-24)17-29(36-31(40)42-32(2,3)4)30(39)37-15-8-7-14-34-37/h9-13,16,18,21,29,34-35H,7-8,14-15,17,19-20H2,1-6H3,(H,36,40). The number of benzene rings is 2. The molecule has 3 aromatic rings. The van der Waals surface area contributed by atoms with Crippen molar-refractivity contribution in [3.8, 4) is 11.1 Å². The average Bonchev–Trinajstić information content (AvgIpc) is 3.24. The number of rotatable bonds is 10. The highest BCUT2D eigenvalue weighted by Gasteiger charge is 2.29. The Morgan fingerprint density at radius 3 is 2.52 bits per heavy atom. The van der Waals surface area contributed by atoms with Crippen molar-refractivity contribution in [3.05, 3.63) is 59.3 Å². The van der Waals surface area contributed by atoms with E-state index in [0.29, 0.717) is 26.0 Å². The van der Waals surface area contributed by atoms with Gasteiger partial charge in [-0.05, 0) is 81.3 Å². The fourth-order valence-corrected chi connectivity index (χ4v) is 5.41. The molecule has 0 bridgehead atoms. The SMILES string of the molecule is Cc1[nH]c2ccc(-c3cccc(CC(NC(=O)OC(C)(C)C)C(=O)N4CCCCN4)c3)cc2c1CC(C)(C)COC=O. The molecule has 0 aliphatic carbocycles. The first-order valence-corrected chi connectivity index (χ1v) is 14.7. The minimum atomic E-state index is -0.780. The van der Waals surface area contributed by atoms with Crippen LogP contribution in [0.25, 0.3) is 22.0 Å². The van der Waals surface area contributed by atoms with E-state index in [9.17, 15) is 14.4 Å². The molecule has 3 N–H and O–H groups in total. The van der Waals surface area contributed by atoms with Crippen LogP contribution in [0.3, 0.4) is 0 Å². The Morgan fingerprint density at radius 1 is 1.07 bits per heavy atom. The molecule has 1 atom stereocenters. The summed E-state index contributed by atoms with van der Waals surface area (Å²) in [5.74, 6) is -0.180. The van der Waals surface area contributed by atoms with Gasteiger partial charge in [-0.3, -0.25) is 14.6 Å². The highest BCUT2D eigenvalue weighted by molar-refractivity contribution is 5.89. The lowest BCUT2D eigenvalue weighted by molar-refractivity contribution is -0.137. The van der Waals surface area contributed by atoms with Crippen LogP contribution in [0, 0.1) is 12.3 Å². The Labute approximate surface area is 248 Å². The van der Waals surface area contributed by atoms with Crippen molar-refractivity contribution in [1.29, 1.82) is 0 Å². The van der Waals surface area contributed by atoms with E-state index in [1.54, 1.807) is 25.8 Å². The number of nitrogens with zero attached hydrogens (tertiary/aromatic N) is 1. The summed E-state index contributed by atoms with van der Waals surface area (Å²) in [6.45, 7) is 13.8. The number of ether oxygens (including phenoxy) is 2. The van der Waals surface area contributed by atoms with Gasteiger partial charge in [0.15, 0.2) is 0 Å². The number of aromatic amines is 1. The second kappa shape index (κ2) is 13.0. The van der Waals surface area contributed by atoms with Crippen LogP contribution in [-0.2, 0) is 31.9 Å². The number of fused-ring (bicyclic) bond motifs is 1. The summed E-state index contributed by atoms with van der Waals surface area (Å²) in [4.78, 5) is 40.4. The molecule has 0 spiro atoms. The van der Waals surface area contributed by atoms with Gasteiger partial charge in [-0.25, -0.2) is 10.2 Å². The summed E-state index contributed by atoms with van der Waals surface area (Å²) < 4.78 is 10.6. The molecule has 1 saturated heterocycles. The summed E-state index contributed by atoms with van der Waals surface area (Å²) in [5, 5.41) is 5.56. The van der Waals surface area contributed by atoms with Gasteiger partial charge in [0.2, 0.25) is 0 Å². The Balaban J connectivity index is 1.60. The Morgan fingerprint density at radius 2 is 1.83 bits per heavy atom. The summed E-state index contributed by atoms with van der Waals surface area (Å²) in [6.07, 6.45) is 2.38. The van der Waals surface area contributed by atoms with Gasteiger partial charge in [0, 0.05) is 41.5 Å². The first kappa shape index (κ1) is 31.1. The van der Waals surface area contributed by atoms with Gasteiger partial charge in [0.05, 0.1) is 6.61 Å². The van der Waals surface area contributed by atoms with E-state index >= 15 is 0 Å². The second-order valence-corrected chi connectivity index (χ2v) is 12.9. The molecule has 1 aromatic heterocycles. The molecule has 9 nitrogen and oxygen atoms in total. The van der Waals surface area contributed by atoms with Crippen LogP contribution in [-0.4, -0.2) is 59.8 Å². The number of carbonyl (C=O) groups is 3. The Bertz CT molecular complexity index is 1420. The van der Waals surface area contributed by atoms with Crippen molar-refractivity contribution >= 4 is 29.4 Å². The predicted octanol–water partition coefficient (Wildman–Crippen LogP) is 5.45. The van der Waals surface area contributed by atoms with Crippen LogP contribution < -0.4 is 10.7 Å². The van der Waals surface area contributed by atoms with E-state index in [1.165, 1.54) is 5.56 Å². The van der Waals surface area contributed by atoms with Crippen molar-refractivity contribution in [2.24, 2.45) is 5.41 Å². The fraction of sp³-hybridized carbons (Fsp3) is 0.485. The highest BCUT2D eigenvalue weighted by atomic mass is 16.6. The fourth-order valence-electron chi connectivity index (χ4n) is 5.41. The van der Waals surface area contributed by atoms with E-state index in [2.05, 4.69) is 66.8 Å². The maximum atomic E-state index is 13.5. The van der Waals surface area contributed by atoms with Crippen LogP contribution in [0.1, 0.15) is 64.3 Å². The third-order valence-corrected chi connectivity index (χ3v) is 7.38. The lowest BCUT2D eigenvalue weighted by atomic mass is 9.85. The summed E-state index contributed by atoms with van der Waals surface area (Å²) in [7, 11) is 0. The maximum absolute atomic E-state index is 13.5. The first-order chi connectivity index (χ1) is 19.8. The van der Waals surface area contributed by atoms with Crippen LogP contribution in [0.5, 0.6) is 0 Å². The van der Waals surface area contributed by atoms with E-state index in [-0.39, 0.29) is 11.3 Å².